The normalized spacial score (nSPS) is 10.1. The molecule has 0 unspecified atom stereocenters. The van der Waals surface area contributed by atoms with Gasteiger partial charge in [-0.2, -0.15) is 4.39 Å². The zero-order valence-electron chi connectivity index (χ0n) is 11.5. The molecule has 0 fully saturated rings. The number of ether oxygens (including phenoxy) is 1. The topological polar surface area (TPSA) is 128 Å². The Labute approximate surface area is 130 Å². The van der Waals surface area contributed by atoms with Gasteiger partial charge in [-0.3, -0.25) is 14.9 Å². The molecule has 9 heteroatoms. The van der Waals surface area contributed by atoms with Gasteiger partial charge in [0.05, 0.1) is 16.7 Å². The number of esters is 1. The van der Waals surface area contributed by atoms with Crippen LogP contribution in [0, 0.1) is 15.9 Å². The number of aromatic amines is 1. The van der Waals surface area contributed by atoms with Gasteiger partial charge in [0.1, 0.15) is 5.69 Å². The number of H-pyrrole nitrogens is 1. The first-order valence-electron chi connectivity index (χ1n) is 6.14. The molecular formula is C14H12FN3O5. The molecule has 8 nitrogen and oxygen atoms in total. The summed E-state index contributed by atoms with van der Waals surface area (Å²) in [6.45, 7) is 3.24. The molecule has 0 saturated carbocycles. The van der Waals surface area contributed by atoms with Gasteiger partial charge in [0.25, 0.3) is 5.91 Å². The highest BCUT2D eigenvalue weighted by Crippen LogP contribution is 2.31. The molecule has 2 aromatic rings. The van der Waals surface area contributed by atoms with Gasteiger partial charge in [0, 0.05) is 19.3 Å². The minimum atomic E-state index is -1.12. The lowest BCUT2D eigenvalue weighted by Crippen LogP contribution is -2.13. The number of hydrogen-bond acceptors (Lipinski definition) is 5. The van der Waals surface area contributed by atoms with E-state index in [9.17, 15) is 24.1 Å². The second-order valence-electron chi connectivity index (χ2n) is 4.31. The first-order valence-corrected chi connectivity index (χ1v) is 6.14. The fraction of sp³-hybridized carbons (Fsp3) is 0. The van der Waals surface area contributed by atoms with Crippen molar-refractivity contribution in [1.29, 1.82) is 0 Å². The number of halogens is 1. The summed E-state index contributed by atoms with van der Waals surface area (Å²) in [7, 11) is 0. The van der Waals surface area contributed by atoms with Crippen molar-refractivity contribution in [2.45, 2.75) is 0 Å². The minimum absolute atomic E-state index is 0. The van der Waals surface area contributed by atoms with Crippen molar-refractivity contribution in [3.8, 4) is 11.1 Å². The van der Waals surface area contributed by atoms with Crippen LogP contribution in [0.5, 0.6) is 0 Å². The van der Waals surface area contributed by atoms with Gasteiger partial charge < -0.3 is 15.5 Å². The lowest BCUT2D eigenvalue weighted by Gasteiger charge is -2.06. The zero-order valence-corrected chi connectivity index (χ0v) is 11.5. The van der Waals surface area contributed by atoms with Crippen LogP contribution in [-0.4, -0.2) is 21.8 Å². The Hall–Kier alpha value is -3.49. The fourth-order valence-corrected chi connectivity index (χ4v) is 2.03. The lowest BCUT2D eigenvalue weighted by atomic mass is 10.0. The molecule has 1 aromatic heterocycles. The Kier molecular flexibility index (Phi) is 4.21. The van der Waals surface area contributed by atoms with Crippen molar-refractivity contribution < 1.29 is 25.1 Å². The average molecular weight is 321 g/mol. The van der Waals surface area contributed by atoms with Crippen LogP contribution in [0.1, 0.15) is 22.3 Å². The fourth-order valence-electron chi connectivity index (χ4n) is 2.03. The molecule has 0 aliphatic heterocycles. The van der Waals surface area contributed by atoms with Crippen molar-refractivity contribution in [2.24, 2.45) is 5.73 Å². The molecule has 23 heavy (non-hydrogen) atoms. The number of carbonyl (C=O) groups is 2. The standard InChI is InChI=1S/C14H10FN3O5.H2/c1-2-23-14(20)8-6-17-12(13(16)19)11(8)7-3-4-10(18(21)22)9(15)5-7;/h2-6,17H,1H2,(H2,16,19);1H. The van der Waals surface area contributed by atoms with Crippen LogP contribution in [0.4, 0.5) is 10.1 Å². The number of nitrogens with two attached hydrogens (primary N) is 1. The van der Waals surface area contributed by atoms with E-state index in [0.29, 0.717) is 0 Å². The maximum Gasteiger partial charge on any atom is 0.345 e. The Balaban J connectivity index is 0.00000288. The Morgan fingerprint density at radius 1 is 1.48 bits per heavy atom. The summed E-state index contributed by atoms with van der Waals surface area (Å²) in [5.74, 6) is -2.86. The molecule has 0 aliphatic carbocycles. The van der Waals surface area contributed by atoms with Crippen LogP contribution >= 0.6 is 0 Å². The number of nitrogens with one attached hydrogen (secondary N) is 1. The predicted molar refractivity (Wildman–Crippen MR) is 79.1 cm³/mol. The molecular weight excluding hydrogens is 309 g/mol. The number of primary amides is 1. The van der Waals surface area contributed by atoms with E-state index in [-0.39, 0.29) is 23.8 Å². The third kappa shape index (κ3) is 2.93. The number of hydrogen-bond donors (Lipinski definition) is 2. The number of rotatable bonds is 5. The van der Waals surface area contributed by atoms with Crippen molar-refractivity contribution in [3.63, 3.8) is 0 Å². The zero-order chi connectivity index (χ0) is 17.1. The van der Waals surface area contributed by atoms with Gasteiger partial charge in [-0.1, -0.05) is 6.58 Å². The van der Waals surface area contributed by atoms with E-state index in [2.05, 4.69) is 16.3 Å². The number of nitro groups is 1. The largest absolute Gasteiger partial charge is 0.431 e. The van der Waals surface area contributed by atoms with E-state index >= 15 is 0 Å². The summed E-state index contributed by atoms with van der Waals surface area (Å²) < 4.78 is 18.4. The summed E-state index contributed by atoms with van der Waals surface area (Å²) >= 11 is 0. The second-order valence-corrected chi connectivity index (χ2v) is 4.31. The predicted octanol–water partition coefficient (Wildman–Crippen LogP) is 2.37. The van der Waals surface area contributed by atoms with Gasteiger partial charge >= 0.3 is 11.7 Å². The van der Waals surface area contributed by atoms with Gasteiger partial charge in [-0.25, -0.2) is 4.79 Å². The molecule has 3 N–H and O–H groups in total. The highest BCUT2D eigenvalue weighted by Gasteiger charge is 2.24. The second kappa shape index (κ2) is 6.10. The van der Waals surface area contributed by atoms with Crippen LogP contribution in [0.25, 0.3) is 11.1 Å². The number of carbonyl (C=O) groups excluding carboxylic acids is 2. The summed E-state index contributed by atoms with van der Waals surface area (Å²) in [6.07, 6.45) is 2.06. The molecule has 1 amide bonds. The summed E-state index contributed by atoms with van der Waals surface area (Å²) in [5.41, 5.74) is 4.27. The monoisotopic (exact) mass is 321 g/mol. The van der Waals surface area contributed by atoms with Gasteiger partial charge in [0.2, 0.25) is 5.82 Å². The Morgan fingerprint density at radius 3 is 2.70 bits per heavy atom. The quantitative estimate of drug-likeness (QED) is 0.378. The number of benzene rings is 1. The van der Waals surface area contributed by atoms with Gasteiger partial charge in [-0.15, -0.1) is 0 Å². The van der Waals surface area contributed by atoms with E-state index in [4.69, 9.17) is 5.73 Å². The number of nitro benzene ring substituents is 1. The molecule has 2 rings (SSSR count). The van der Waals surface area contributed by atoms with E-state index in [1.54, 1.807) is 0 Å². The van der Waals surface area contributed by atoms with Crippen molar-refractivity contribution in [2.75, 3.05) is 0 Å². The molecule has 0 saturated heterocycles. The lowest BCUT2D eigenvalue weighted by molar-refractivity contribution is -0.387. The summed E-state index contributed by atoms with van der Waals surface area (Å²) in [6, 6.07) is 2.95. The molecule has 0 aliphatic rings. The van der Waals surface area contributed by atoms with Crippen LogP contribution in [0.15, 0.2) is 37.2 Å². The maximum atomic E-state index is 13.8. The van der Waals surface area contributed by atoms with Crippen molar-refractivity contribution >= 4 is 17.6 Å². The van der Waals surface area contributed by atoms with Crippen LogP contribution in [0.2, 0.25) is 0 Å². The maximum absolute atomic E-state index is 13.8. The molecule has 0 spiro atoms. The third-order valence-corrected chi connectivity index (χ3v) is 2.97. The number of aromatic nitrogens is 1. The molecule has 1 heterocycles. The van der Waals surface area contributed by atoms with Crippen molar-refractivity contribution in [3.05, 3.63) is 64.4 Å². The van der Waals surface area contributed by atoms with Crippen LogP contribution in [-0.2, 0) is 4.74 Å². The van der Waals surface area contributed by atoms with E-state index in [0.717, 1.165) is 18.4 Å². The first kappa shape index (κ1) is 15.9. The van der Waals surface area contributed by atoms with E-state index in [1.807, 2.05) is 0 Å². The van der Waals surface area contributed by atoms with Crippen molar-refractivity contribution in [1.82, 2.24) is 4.98 Å². The number of nitrogens with zero attached hydrogens (tertiary/aromatic N) is 1. The number of amides is 1. The van der Waals surface area contributed by atoms with Crippen LogP contribution in [0.3, 0.4) is 0 Å². The first-order chi connectivity index (χ1) is 10.9. The van der Waals surface area contributed by atoms with E-state index < -0.39 is 28.3 Å². The molecule has 1 aromatic carbocycles. The Bertz CT molecular complexity index is 834. The Morgan fingerprint density at radius 2 is 2.17 bits per heavy atom. The highest BCUT2D eigenvalue weighted by atomic mass is 19.1. The van der Waals surface area contributed by atoms with Crippen LogP contribution < -0.4 is 5.73 Å². The summed E-state index contributed by atoms with van der Waals surface area (Å²) in [5, 5.41) is 10.7. The van der Waals surface area contributed by atoms with Gasteiger partial charge in [0.15, 0.2) is 0 Å². The molecule has 0 radical (unpaired) electrons. The third-order valence-electron chi connectivity index (χ3n) is 2.97. The molecule has 120 valence electrons. The smallest absolute Gasteiger partial charge is 0.345 e. The highest BCUT2D eigenvalue weighted by molar-refractivity contribution is 6.06. The average Bonchev–Trinajstić information content (AvgIpc) is 2.92. The van der Waals surface area contributed by atoms with E-state index in [1.165, 1.54) is 12.3 Å². The molecule has 0 atom stereocenters. The minimum Gasteiger partial charge on any atom is -0.431 e. The molecule has 0 bridgehead atoms. The SMILES string of the molecule is C=COC(=O)c1c[nH]c(C(N)=O)c1-c1ccc([N+](=O)[O-])c(F)c1.[HH]. The summed E-state index contributed by atoms with van der Waals surface area (Å²) in [4.78, 5) is 35.6. The van der Waals surface area contributed by atoms with Gasteiger partial charge in [-0.05, 0) is 17.7 Å².